The Bertz CT molecular complexity index is 791. The number of aliphatic imine (C=N–C) groups is 1. The standard InChI is InChI=1S/C16H10N2O2/c19-16-11-9-20-14-8-4-1-5-10(14)15(11)17-12-6-2-3-7-13(12)18-16/h1-9H,(H,18,19). The number of carbonyl (C=O) groups is 1. The molecule has 4 nitrogen and oxygen atoms in total. The van der Waals surface area contributed by atoms with Crippen LogP contribution in [0.15, 0.2) is 65.4 Å². The summed E-state index contributed by atoms with van der Waals surface area (Å²) < 4.78 is 5.51. The average molecular weight is 262 g/mol. The van der Waals surface area contributed by atoms with Gasteiger partial charge in [0, 0.05) is 5.56 Å². The Morgan fingerprint density at radius 1 is 1.00 bits per heavy atom. The van der Waals surface area contributed by atoms with E-state index >= 15 is 0 Å². The van der Waals surface area contributed by atoms with E-state index in [0.717, 1.165) is 11.3 Å². The van der Waals surface area contributed by atoms with E-state index in [0.29, 0.717) is 22.7 Å². The SMILES string of the molecule is O=C1Nc2ccccc2N=C2C1=COc1ccccc12. The fraction of sp³-hybridized carbons (Fsp3) is 0. The Morgan fingerprint density at radius 3 is 2.75 bits per heavy atom. The predicted octanol–water partition coefficient (Wildman–Crippen LogP) is 3.04. The van der Waals surface area contributed by atoms with Crippen molar-refractivity contribution in [1.82, 2.24) is 0 Å². The molecule has 2 heterocycles. The first-order valence-electron chi connectivity index (χ1n) is 6.28. The van der Waals surface area contributed by atoms with E-state index in [1.54, 1.807) is 0 Å². The normalized spacial score (nSPS) is 15.5. The summed E-state index contributed by atoms with van der Waals surface area (Å²) in [5, 5.41) is 2.85. The smallest absolute Gasteiger partial charge is 0.261 e. The maximum absolute atomic E-state index is 12.3. The summed E-state index contributed by atoms with van der Waals surface area (Å²) in [6.07, 6.45) is 1.46. The lowest BCUT2D eigenvalue weighted by Gasteiger charge is -2.17. The summed E-state index contributed by atoms with van der Waals surface area (Å²) in [6.45, 7) is 0. The number of nitrogens with zero attached hydrogens (tertiary/aromatic N) is 1. The Morgan fingerprint density at radius 2 is 1.80 bits per heavy atom. The van der Waals surface area contributed by atoms with Crippen LogP contribution in [0.1, 0.15) is 5.56 Å². The summed E-state index contributed by atoms with van der Waals surface area (Å²) in [7, 11) is 0. The van der Waals surface area contributed by atoms with Crippen LogP contribution in [0.3, 0.4) is 0 Å². The van der Waals surface area contributed by atoms with Gasteiger partial charge >= 0.3 is 0 Å². The van der Waals surface area contributed by atoms with Crippen LogP contribution in [0, 0.1) is 0 Å². The monoisotopic (exact) mass is 262 g/mol. The number of benzene rings is 2. The quantitative estimate of drug-likeness (QED) is 0.793. The van der Waals surface area contributed by atoms with E-state index in [1.807, 2.05) is 48.5 Å². The highest BCUT2D eigenvalue weighted by molar-refractivity contribution is 6.33. The first-order chi connectivity index (χ1) is 9.83. The molecule has 0 aromatic heterocycles. The molecule has 1 amide bonds. The Hall–Kier alpha value is -2.88. The molecule has 0 saturated heterocycles. The molecule has 20 heavy (non-hydrogen) atoms. The molecule has 2 aromatic carbocycles. The number of fused-ring (bicyclic) bond motifs is 4. The minimum atomic E-state index is -0.205. The fourth-order valence-electron chi connectivity index (χ4n) is 2.36. The lowest BCUT2D eigenvalue weighted by Crippen LogP contribution is -2.23. The van der Waals surface area contributed by atoms with Gasteiger partial charge in [0.15, 0.2) is 0 Å². The number of nitrogens with one attached hydrogen (secondary N) is 1. The fourth-order valence-corrected chi connectivity index (χ4v) is 2.36. The molecule has 0 atom stereocenters. The van der Waals surface area contributed by atoms with Gasteiger partial charge in [0.1, 0.15) is 17.6 Å². The van der Waals surface area contributed by atoms with Gasteiger partial charge in [-0.3, -0.25) is 4.79 Å². The molecule has 0 spiro atoms. The summed E-state index contributed by atoms with van der Waals surface area (Å²) in [5.74, 6) is 0.505. The molecule has 1 N–H and O–H groups in total. The topological polar surface area (TPSA) is 50.7 Å². The van der Waals surface area contributed by atoms with Crippen LogP contribution in [0.25, 0.3) is 0 Å². The zero-order valence-electron chi connectivity index (χ0n) is 10.5. The number of amides is 1. The number of para-hydroxylation sites is 3. The number of anilines is 1. The molecule has 2 aliphatic rings. The highest BCUT2D eigenvalue weighted by Gasteiger charge is 2.28. The van der Waals surface area contributed by atoms with Gasteiger partial charge in [0.25, 0.3) is 5.91 Å². The third-order valence-electron chi connectivity index (χ3n) is 3.33. The van der Waals surface area contributed by atoms with Crippen LogP contribution >= 0.6 is 0 Å². The molecule has 0 bridgehead atoms. The lowest BCUT2D eigenvalue weighted by molar-refractivity contribution is -0.112. The van der Waals surface area contributed by atoms with Gasteiger partial charge in [-0.15, -0.1) is 0 Å². The van der Waals surface area contributed by atoms with E-state index in [4.69, 9.17) is 4.74 Å². The van der Waals surface area contributed by atoms with Crippen molar-refractivity contribution in [2.45, 2.75) is 0 Å². The van der Waals surface area contributed by atoms with Crippen LogP contribution in [-0.2, 0) is 4.79 Å². The summed E-state index contributed by atoms with van der Waals surface area (Å²) in [6, 6.07) is 15.0. The van der Waals surface area contributed by atoms with Crippen molar-refractivity contribution >= 4 is 23.0 Å². The minimum Gasteiger partial charge on any atom is -0.463 e. The zero-order chi connectivity index (χ0) is 13.5. The maximum atomic E-state index is 12.3. The number of ether oxygens (including phenoxy) is 1. The van der Waals surface area contributed by atoms with Crippen LogP contribution in [0.2, 0.25) is 0 Å². The lowest BCUT2D eigenvalue weighted by atomic mass is 10.00. The van der Waals surface area contributed by atoms with Crippen LogP contribution in [0.5, 0.6) is 5.75 Å². The van der Waals surface area contributed by atoms with Gasteiger partial charge in [-0.2, -0.15) is 0 Å². The second-order valence-corrected chi connectivity index (χ2v) is 4.58. The highest BCUT2D eigenvalue weighted by atomic mass is 16.5. The third-order valence-corrected chi connectivity index (χ3v) is 3.33. The van der Waals surface area contributed by atoms with E-state index in [9.17, 15) is 4.79 Å². The molecule has 2 aromatic rings. The van der Waals surface area contributed by atoms with Gasteiger partial charge in [-0.1, -0.05) is 24.3 Å². The number of hydrogen-bond donors (Lipinski definition) is 1. The molecule has 4 heteroatoms. The zero-order valence-corrected chi connectivity index (χ0v) is 10.5. The summed E-state index contributed by atoms with van der Waals surface area (Å²) in [4.78, 5) is 16.9. The number of hydrogen-bond acceptors (Lipinski definition) is 3. The van der Waals surface area contributed by atoms with Crippen molar-refractivity contribution in [3.63, 3.8) is 0 Å². The maximum Gasteiger partial charge on any atom is 0.261 e. The van der Waals surface area contributed by atoms with E-state index < -0.39 is 0 Å². The first-order valence-corrected chi connectivity index (χ1v) is 6.28. The van der Waals surface area contributed by atoms with Crippen molar-refractivity contribution < 1.29 is 9.53 Å². The molecule has 0 aliphatic carbocycles. The van der Waals surface area contributed by atoms with E-state index in [-0.39, 0.29) is 5.91 Å². The molecular formula is C16H10N2O2. The minimum absolute atomic E-state index is 0.205. The second-order valence-electron chi connectivity index (χ2n) is 4.58. The first kappa shape index (κ1) is 11.0. The van der Waals surface area contributed by atoms with E-state index in [2.05, 4.69) is 10.3 Å². The molecule has 0 unspecified atom stereocenters. The summed E-state index contributed by atoms with van der Waals surface area (Å²) >= 11 is 0. The van der Waals surface area contributed by atoms with Crippen LogP contribution in [-0.4, -0.2) is 11.6 Å². The van der Waals surface area contributed by atoms with Gasteiger partial charge in [-0.05, 0) is 24.3 Å². The molecule has 0 fully saturated rings. The molecule has 0 radical (unpaired) electrons. The van der Waals surface area contributed by atoms with Crippen molar-refractivity contribution in [3.8, 4) is 5.75 Å². The van der Waals surface area contributed by atoms with Crippen LogP contribution in [0.4, 0.5) is 11.4 Å². The number of rotatable bonds is 0. The Balaban J connectivity index is 1.99. The van der Waals surface area contributed by atoms with Gasteiger partial charge in [0.05, 0.1) is 17.1 Å². The van der Waals surface area contributed by atoms with Gasteiger partial charge in [0.2, 0.25) is 0 Å². The molecule has 2 aliphatic heterocycles. The molecule has 0 saturated carbocycles. The van der Waals surface area contributed by atoms with E-state index in [1.165, 1.54) is 6.26 Å². The molecule has 4 rings (SSSR count). The average Bonchev–Trinajstić information content (AvgIpc) is 2.63. The highest BCUT2D eigenvalue weighted by Crippen LogP contribution is 2.34. The van der Waals surface area contributed by atoms with Crippen molar-refractivity contribution in [3.05, 3.63) is 65.9 Å². The largest absolute Gasteiger partial charge is 0.463 e. The second kappa shape index (κ2) is 4.06. The predicted molar refractivity (Wildman–Crippen MR) is 76.4 cm³/mol. The van der Waals surface area contributed by atoms with Crippen molar-refractivity contribution in [1.29, 1.82) is 0 Å². The summed E-state index contributed by atoms with van der Waals surface area (Å²) in [5.41, 5.74) is 3.37. The Labute approximate surface area is 115 Å². The number of carbonyl (C=O) groups excluding carboxylic acids is 1. The van der Waals surface area contributed by atoms with Gasteiger partial charge in [-0.25, -0.2) is 4.99 Å². The van der Waals surface area contributed by atoms with Crippen molar-refractivity contribution in [2.24, 2.45) is 4.99 Å². The van der Waals surface area contributed by atoms with Crippen LogP contribution < -0.4 is 10.1 Å². The Kier molecular flexibility index (Phi) is 2.23. The molecule has 96 valence electrons. The molecular weight excluding hydrogens is 252 g/mol. The van der Waals surface area contributed by atoms with Crippen molar-refractivity contribution in [2.75, 3.05) is 5.32 Å². The van der Waals surface area contributed by atoms with Gasteiger partial charge < -0.3 is 10.1 Å². The third kappa shape index (κ3) is 1.55.